The molecule has 9 heteroatoms. The van der Waals surface area contributed by atoms with Crippen molar-refractivity contribution in [3.8, 4) is 5.95 Å². The maximum Gasteiger partial charge on any atom is 0.314 e. The number of amides is 2. The van der Waals surface area contributed by atoms with E-state index in [4.69, 9.17) is 0 Å². The lowest BCUT2D eigenvalue weighted by atomic mass is 10.1. The number of aromatic nitrogens is 4. The van der Waals surface area contributed by atoms with Crippen LogP contribution in [0.15, 0.2) is 16.9 Å². The first-order valence-corrected chi connectivity index (χ1v) is 8.94. The van der Waals surface area contributed by atoms with Gasteiger partial charge >= 0.3 is 11.8 Å². The fraction of sp³-hybridized carbons (Fsp3) is 0.500. The molecule has 2 aromatic heterocycles. The molecule has 2 amide bonds. The highest BCUT2D eigenvalue weighted by Gasteiger charge is 2.18. The van der Waals surface area contributed by atoms with Crippen LogP contribution in [-0.2, 0) is 9.59 Å². The van der Waals surface area contributed by atoms with E-state index in [0.29, 0.717) is 23.9 Å². The molecule has 0 radical (unpaired) electrons. The van der Waals surface area contributed by atoms with Crippen LogP contribution in [0.2, 0.25) is 0 Å². The Bertz CT molecular complexity index is 881. The normalized spacial score (nSPS) is 11.1. The molecule has 27 heavy (non-hydrogen) atoms. The summed E-state index contributed by atoms with van der Waals surface area (Å²) < 4.78 is 1.31. The first-order chi connectivity index (χ1) is 12.7. The average molecular weight is 374 g/mol. The fourth-order valence-electron chi connectivity index (χ4n) is 2.34. The molecular weight excluding hydrogens is 348 g/mol. The summed E-state index contributed by atoms with van der Waals surface area (Å²) >= 11 is 0. The van der Waals surface area contributed by atoms with Crippen LogP contribution in [0, 0.1) is 12.8 Å². The number of carbonyl (C=O) groups is 2. The van der Waals surface area contributed by atoms with E-state index in [1.807, 2.05) is 27.7 Å². The van der Waals surface area contributed by atoms with Crippen molar-refractivity contribution < 1.29 is 9.59 Å². The first-order valence-electron chi connectivity index (χ1n) is 8.94. The number of aryl methyl sites for hydroxylation is 1. The van der Waals surface area contributed by atoms with Crippen molar-refractivity contribution in [1.82, 2.24) is 25.1 Å². The van der Waals surface area contributed by atoms with Crippen molar-refractivity contribution in [3.05, 3.63) is 33.9 Å². The highest BCUT2D eigenvalue weighted by Crippen LogP contribution is 2.16. The molecule has 2 rings (SSSR count). The van der Waals surface area contributed by atoms with E-state index in [0.717, 1.165) is 6.42 Å². The molecule has 0 aromatic carbocycles. The van der Waals surface area contributed by atoms with Crippen LogP contribution in [0.3, 0.4) is 0 Å². The maximum atomic E-state index is 12.2. The Balaban J connectivity index is 2.22. The van der Waals surface area contributed by atoms with Gasteiger partial charge in [-0.1, -0.05) is 27.7 Å². The lowest BCUT2D eigenvalue weighted by Gasteiger charge is -2.10. The highest BCUT2D eigenvalue weighted by molar-refractivity contribution is 6.39. The Labute approximate surface area is 157 Å². The van der Waals surface area contributed by atoms with Gasteiger partial charge in [-0.05, 0) is 25.2 Å². The van der Waals surface area contributed by atoms with Crippen LogP contribution in [0.4, 0.5) is 5.82 Å². The predicted molar refractivity (Wildman–Crippen MR) is 102 cm³/mol. The third-order valence-corrected chi connectivity index (χ3v) is 3.83. The molecule has 0 saturated carbocycles. The van der Waals surface area contributed by atoms with Crippen LogP contribution in [0.5, 0.6) is 0 Å². The summed E-state index contributed by atoms with van der Waals surface area (Å²) in [6.07, 6.45) is 0.781. The summed E-state index contributed by atoms with van der Waals surface area (Å²) in [4.78, 5) is 43.0. The summed E-state index contributed by atoms with van der Waals surface area (Å²) in [5.41, 5.74) is 0.884. The van der Waals surface area contributed by atoms with Gasteiger partial charge in [0.15, 0.2) is 0 Å². The molecule has 3 N–H and O–H groups in total. The minimum Gasteiger partial charge on any atom is -0.348 e. The van der Waals surface area contributed by atoms with Gasteiger partial charge in [0, 0.05) is 18.7 Å². The highest BCUT2D eigenvalue weighted by atomic mass is 16.2. The second-order valence-electron chi connectivity index (χ2n) is 7.12. The smallest absolute Gasteiger partial charge is 0.314 e. The molecule has 0 aliphatic carbocycles. The van der Waals surface area contributed by atoms with Gasteiger partial charge in [-0.3, -0.25) is 19.4 Å². The van der Waals surface area contributed by atoms with Crippen LogP contribution < -0.4 is 16.2 Å². The summed E-state index contributed by atoms with van der Waals surface area (Å²) in [6.45, 7) is 10.1. The number of carbonyl (C=O) groups excluding carboxylic acids is 2. The second kappa shape index (κ2) is 8.61. The molecule has 0 fully saturated rings. The van der Waals surface area contributed by atoms with Gasteiger partial charge in [-0.15, -0.1) is 0 Å². The average Bonchev–Trinajstić information content (AvgIpc) is 2.94. The molecule has 0 bridgehead atoms. The zero-order chi connectivity index (χ0) is 20.1. The Morgan fingerprint density at radius 1 is 1.19 bits per heavy atom. The predicted octanol–water partition coefficient (Wildman–Crippen LogP) is 1.49. The minimum absolute atomic E-state index is 0.0486. The fourth-order valence-corrected chi connectivity index (χ4v) is 2.34. The van der Waals surface area contributed by atoms with Crippen molar-refractivity contribution in [2.24, 2.45) is 5.92 Å². The van der Waals surface area contributed by atoms with Gasteiger partial charge in [0.2, 0.25) is 5.95 Å². The summed E-state index contributed by atoms with van der Waals surface area (Å²) in [6, 6.07) is 3.02. The monoisotopic (exact) mass is 374 g/mol. The van der Waals surface area contributed by atoms with Gasteiger partial charge in [0.25, 0.3) is 5.56 Å². The van der Waals surface area contributed by atoms with Gasteiger partial charge < -0.3 is 10.6 Å². The maximum absolute atomic E-state index is 12.2. The van der Waals surface area contributed by atoms with E-state index in [9.17, 15) is 14.4 Å². The third-order valence-electron chi connectivity index (χ3n) is 3.83. The molecular formula is C18H26N6O3. The van der Waals surface area contributed by atoms with Gasteiger partial charge in [-0.2, -0.15) is 9.78 Å². The Morgan fingerprint density at radius 3 is 2.52 bits per heavy atom. The largest absolute Gasteiger partial charge is 0.348 e. The van der Waals surface area contributed by atoms with Crippen molar-refractivity contribution >= 4 is 17.6 Å². The van der Waals surface area contributed by atoms with E-state index < -0.39 is 11.8 Å². The van der Waals surface area contributed by atoms with Crippen molar-refractivity contribution in [2.75, 3.05) is 11.9 Å². The number of aromatic amines is 1. The number of hydrogen-bond donors (Lipinski definition) is 3. The van der Waals surface area contributed by atoms with E-state index >= 15 is 0 Å². The third kappa shape index (κ3) is 5.50. The Morgan fingerprint density at radius 2 is 1.89 bits per heavy atom. The number of anilines is 1. The summed E-state index contributed by atoms with van der Waals surface area (Å²) in [7, 11) is 0. The molecule has 0 aliphatic heterocycles. The lowest BCUT2D eigenvalue weighted by molar-refractivity contribution is -0.136. The van der Waals surface area contributed by atoms with E-state index in [1.54, 1.807) is 13.0 Å². The SMILES string of the molecule is Cc1cc(NC(=O)C(=O)NCCC(C)C)n(-c2nc(C(C)C)cc(=O)[nH]2)n1. The minimum atomic E-state index is -0.803. The molecule has 0 unspecified atom stereocenters. The molecule has 9 nitrogen and oxygen atoms in total. The summed E-state index contributed by atoms with van der Waals surface area (Å²) in [5.74, 6) is -0.628. The quantitative estimate of drug-likeness (QED) is 0.661. The molecule has 2 heterocycles. The van der Waals surface area contributed by atoms with Crippen molar-refractivity contribution in [1.29, 1.82) is 0 Å². The van der Waals surface area contributed by atoms with Gasteiger partial charge in [-0.25, -0.2) is 4.98 Å². The second-order valence-corrected chi connectivity index (χ2v) is 7.12. The lowest BCUT2D eigenvalue weighted by Crippen LogP contribution is -2.36. The van der Waals surface area contributed by atoms with Crippen LogP contribution in [0.1, 0.15) is 51.4 Å². The molecule has 0 saturated heterocycles. The topological polar surface area (TPSA) is 122 Å². The molecule has 2 aromatic rings. The van der Waals surface area contributed by atoms with E-state index in [2.05, 4.69) is 25.7 Å². The van der Waals surface area contributed by atoms with Crippen molar-refractivity contribution in [3.63, 3.8) is 0 Å². The standard InChI is InChI=1S/C18H26N6O3/c1-10(2)6-7-19-16(26)17(27)21-14-8-12(5)23-24(14)18-20-13(11(3)4)9-15(25)22-18/h8-11H,6-7H2,1-5H3,(H,19,26)(H,21,27)(H,20,22,25). The zero-order valence-electron chi connectivity index (χ0n) is 16.3. The van der Waals surface area contributed by atoms with E-state index in [1.165, 1.54) is 10.7 Å². The summed E-state index contributed by atoms with van der Waals surface area (Å²) in [5, 5.41) is 9.36. The Hall–Kier alpha value is -2.97. The Kier molecular flexibility index (Phi) is 6.49. The number of nitrogens with zero attached hydrogens (tertiary/aromatic N) is 3. The van der Waals surface area contributed by atoms with Crippen LogP contribution in [-0.4, -0.2) is 38.1 Å². The first kappa shape index (κ1) is 20.3. The number of nitrogens with one attached hydrogen (secondary N) is 3. The van der Waals surface area contributed by atoms with Crippen molar-refractivity contribution in [2.45, 2.75) is 47.0 Å². The number of H-pyrrole nitrogens is 1. The molecule has 0 atom stereocenters. The van der Waals surface area contributed by atoms with Crippen LogP contribution >= 0.6 is 0 Å². The van der Waals surface area contributed by atoms with Gasteiger partial charge in [0.05, 0.1) is 11.4 Å². The van der Waals surface area contributed by atoms with Crippen LogP contribution in [0.25, 0.3) is 5.95 Å². The van der Waals surface area contributed by atoms with Gasteiger partial charge in [0.1, 0.15) is 5.82 Å². The molecule has 0 aliphatic rings. The number of rotatable bonds is 6. The number of hydrogen-bond acceptors (Lipinski definition) is 5. The van der Waals surface area contributed by atoms with E-state index in [-0.39, 0.29) is 23.2 Å². The molecule has 146 valence electrons. The molecule has 0 spiro atoms. The zero-order valence-corrected chi connectivity index (χ0v) is 16.3.